The Morgan fingerprint density at radius 2 is 1.87 bits per heavy atom. The van der Waals surface area contributed by atoms with Gasteiger partial charge in [-0.25, -0.2) is 4.68 Å². The number of nitrogens with one attached hydrogen (secondary N) is 1. The number of nitrogens with zero attached hydrogens (tertiary/aromatic N) is 2. The van der Waals surface area contributed by atoms with Gasteiger partial charge in [-0.3, -0.25) is 9.59 Å². The zero-order valence-electron chi connectivity index (χ0n) is 16.2. The van der Waals surface area contributed by atoms with Crippen molar-refractivity contribution >= 4 is 35.1 Å². The molecule has 0 atom stereocenters. The number of carbonyl (C=O) groups excluding carboxylic acids is 1. The Morgan fingerprint density at radius 3 is 2.67 bits per heavy atom. The highest BCUT2D eigenvalue weighted by Gasteiger charge is 2.19. The summed E-state index contributed by atoms with van der Waals surface area (Å²) in [6, 6.07) is 20.0. The number of ether oxygens (including phenoxy) is 1. The number of anilines is 1. The van der Waals surface area contributed by atoms with Crippen molar-refractivity contribution in [1.82, 2.24) is 9.78 Å². The van der Waals surface area contributed by atoms with Gasteiger partial charge in [0.25, 0.3) is 11.5 Å². The van der Waals surface area contributed by atoms with Gasteiger partial charge in [-0.15, -0.1) is 23.5 Å². The first-order valence-corrected chi connectivity index (χ1v) is 11.7. The van der Waals surface area contributed by atoms with Crippen LogP contribution in [0.1, 0.15) is 20.6 Å². The van der Waals surface area contributed by atoms with Crippen molar-refractivity contribution in [3.05, 3.63) is 88.3 Å². The molecule has 1 saturated heterocycles. The highest BCUT2D eigenvalue weighted by molar-refractivity contribution is 8.19. The predicted octanol–water partition coefficient (Wildman–Crippen LogP) is 4.05. The second-order valence-corrected chi connectivity index (χ2v) is 9.32. The molecular formula is C22H21N3O3S2. The maximum atomic E-state index is 12.7. The minimum Gasteiger partial charge on any atom is -0.492 e. The summed E-state index contributed by atoms with van der Waals surface area (Å²) in [6.45, 7) is 0.529. The van der Waals surface area contributed by atoms with Gasteiger partial charge >= 0.3 is 0 Å². The molecule has 2 aromatic carbocycles. The minimum absolute atomic E-state index is 0.185. The molecule has 1 amide bonds. The van der Waals surface area contributed by atoms with E-state index in [-0.39, 0.29) is 30.3 Å². The number of benzene rings is 2. The minimum atomic E-state index is -0.350. The molecule has 30 heavy (non-hydrogen) atoms. The van der Waals surface area contributed by atoms with Crippen LogP contribution in [0.15, 0.2) is 71.5 Å². The average Bonchev–Trinajstić information content (AvgIpc) is 3.31. The Kier molecular flexibility index (Phi) is 6.76. The predicted molar refractivity (Wildman–Crippen MR) is 122 cm³/mol. The zero-order chi connectivity index (χ0) is 20.8. The van der Waals surface area contributed by atoms with E-state index in [1.54, 1.807) is 0 Å². The Balaban J connectivity index is 1.41. The van der Waals surface area contributed by atoms with Crippen LogP contribution < -0.4 is 15.6 Å². The van der Waals surface area contributed by atoms with Gasteiger partial charge in [0.2, 0.25) is 0 Å². The molecule has 154 valence electrons. The summed E-state index contributed by atoms with van der Waals surface area (Å²) in [5.74, 6) is 2.66. The van der Waals surface area contributed by atoms with Crippen molar-refractivity contribution in [2.75, 3.05) is 23.4 Å². The highest BCUT2D eigenvalue weighted by Crippen LogP contribution is 2.45. The Labute approximate surface area is 183 Å². The third kappa shape index (κ3) is 5.25. The second-order valence-electron chi connectivity index (χ2n) is 6.59. The molecular weight excluding hydrogens is 418 g/mol. The van der Waals surface area contributed by atoms with Gasteiger partial charge in [0, 0.05) is 23.3 Å². The SMILES string of the molecule is O=C(Nc1cccc(C2SCCS2)c1)c1ccc(=O)n(CCOc2ccccc2)n1. The van der Waals surface area contributed by atoms with Crippen LogP contribution in [-0.4, -0.2) is 33.8 Å². The summed E-state index contributed by atoms with van der Waals surface area (Å²) >= 11 is 3.83. The number of hydrogen-bond acceptors (Lipinski definition) is 6. The van der Waals surface area contributed by atoms with E-state index < -0.39 is 0 Å². The molecule has 1 N–H and O–H groups in total. The van der Waals surface area contributed by atoms with Crippen molar-refractivity contribution < 1.29 is 9.53 Å². The molecule has 0 saturated carbocycles. The summed E-state index contributed by atoms with van der Waals surface area (Å²) in [5, 5.41) is 7.09. The number of amides is 1. The number of hydrogen-bond donors (Lipinski definition) is 1. The fourth-order valence-electron chi connectivity index (χ4n) is 3.01. The lowest BCUT2D eigenvalue weighted by atomic mass is 10.2. The maximum Gasteiger partial charge on any atom is 0.276 e. The van der Waals surface area contributed by atoms with Crippen molar-refractivity contribution in [1.29, 1.82) is 0 Å². The molecule has 3 aromatic rings. The van der Waals surface area contributed by atoms with Crippen LogP contribution in [0.3, 0.4) is 0 Å². The first-order chi connectivity index (χ1) is 14.7. The molecule has 1 aliphatic rings. The van der Waals surface area contributed by atoms with E-state index in [0.717, 1.165) is 22.9 Å². The largest absolute Gasteiger partial charge is 0.492 e. The summed E-state index contributed by atoms with van der Waals surface area (Å²) in [5.41, 5.74) is 1.82. The van der Waals surface area contributed by atoms with Gasteiger partial charge in [-0.1, -0.05) is 30.3 Å². The van der Waals surface area contributed by atoms with Crippen LogP contribution in [0.5, 0.6) is 5.75 Å². The molecule has 4 rings (SSSR count). The number of thioether (sulfide) groups is 2. The first-order valence-electron chi connectivity index (χ1n) is 9.59. The van der Waals surface area contributed by atoms with E-state index in [0.29, 0.717) is 4.58 Å². The number of para-hydroxylation sites is 1. The van der Waals surface area contributed by atoms with E-state index in [1.807, 2.05) is 72.1 Å². The normalized spacial score (nSPS) is 13.9. The van der Waals surface area contributed by atoms with Gasteiger partial charge < -0.3 is 10.1 Å². The monoisotopic (exact) mass is 439 g/mol. The van der Waals surface area contributed by atoms with E-state index >= 15 is 0 Å². The lowest BCUT2D eigenvalue weighted by Gasteiger charge is -2.12. The Hall–Kier alpha value is -2.71. The molecule has 8 heteroatoms. The summed E-state index contributed by atoms with van der Waals surface area (Å²) in [6.07, 6.45) is 0. The molecule has 0 unspecified atom stereocenters. The van der Waals surface area contributed by atoms with Gasteiger partial charge in [-0.05, 0) is 35.9 Å². The third-order valence-corrected chi connectivity index (χ3v) is 7.56. The van der Waals surface area contributed by atoms with Crippen LogP contribution in [0.2, 0.25) is 0 Å². The summed E-state index contributed by atoms with van der Waals surface area (Å²) < 4.78 is 7.28. The molecule has 0 bridgehead atoms. The fraction of sp³-hybridized carbons (Fsp3) is 0.227. The van der Waals surface area contributed by atoms with Crippen molar-refractivity contribution in [2.45, 2.75) is 11.1 Å². The number of rotatable bonds is 7. The molecule has 1 fully saturated rings. The number of aromatic nitrogens is 2. The van der Waals surface area contributed by atoms with Gasteiger partial charge in [0.15, 0.2) is 0 Å². The Bertz CT molecular complexity index is 1070. The van der Waals surface area contributed by atoms with Crippen LogP contribution >= 0.6 is 23.5 Å². The van der Waals surface area contributed by atoms with E-state index in [9.17, 15) is 9.59 Å². The molecule has 2 heterocycles. The van der Waals surface area contributed by atoms with Crippen LogP contribution in [0.4, 0.5) is 5.69 Å². The van der Waals surface area contributed by atoms with Gasteiger partial charge in [0.1, 0.15) is 18.1 Å². The van der Waals surface area contributed by atoms with E-state index in [4.69, 9.17) is 4.74 Å². The number of carbonyl (C=O) groups is 1. The highest BCUT2D eigenvalue weighted by atomic mass is 32.2. The van der Waals surface area contributed by atoms with Crippen molar-refractivity contribution in [3.8, 4) is 5.75 Å². The van der Waals surface area contributed by atoms with Crippen LogP contribution in [0.25, 0.3) is 0 Å². The molecule has 6 nitrogen and oxygen atoms in total. The van der Waals surface area contributed by atoms with E-state index in [1.165, 1.54) is 22.4 Å². The summed E-state index contributed by atoms with van der Waals surface area (Å²) in [4.78, 5) is 24.8. The first kappa shape index (κ1) is 20.6. The van der Waals surface area contributed by atoms with Crippen molar-refractivity contribution in [3.63, 3.8) is 0 Å². The molecule has 0 spiro atoms. The van der Waals surface area contributed by atoms with Gasteiger partial charge in [-0.2, -0.15) is 5.10 Å². The maximum absolute atomic E-state index is 12.7. The fourth-order valence-corrected chi connectivity index (χ4v) is 5.84. The zero-order valence-corrected chi connectivity index (χ0v) is 17.8. The second kappa shape index (κ2) is 9.86. The quantitative estimate of drug-likeness (QED) is 0.599. The van der Waals surface area contributed by atoms with E-state index in [2.05, 4.69) is 16.5 Å². The van der Waals surface area contributed by atoms with Crippen LogP contribution in [0, 0.1) is 0 Å². The molecule has 0 aliphatic carbocycles. The topological polar surface area (TPSA) is 73.2 Å². The van der Waals surface area contributed by atoms with Crippen molar-refractivity contribution in [2.24, 2.45) is 0 Å². The van der Waals surface area contributed by atoms with Gasteiger partial charge in [0.05, 0.1) is 11.1 Å². The summed E-state index contributed by atoms with van der Waals surface area (Å²) in [7, 11) is 0. The molecule has 0 radical (unpaired) electrons. The molecule has 1 aliphatic heterocycles. The molecule has 1 aromatic heterocycles. The lowest BCUT2D eigenvalue weighted by Crippen LogP contribution is -2.28. The Morgan fingerprint density at radius 1 is 1.07 bits per heavy atom. The lowest BCUT2D eigenvalue weighted by molar-refractivity contribution is 0.101. The average molecular weight is 440 g/mol. The smallest absolute Gasteiger partial charge is 0.276 e. The standard InChI is InChI=1S/C22H21N3O3S2/c26-20-10-9-19(24-25(20)11-12-28-18-7-2-1-3-8-18)21(27)23-17-6-4-5-16(15-17)22-29-13-14-30-22/h1-10,15,22H,11-14H2,(H,23,27). The third-order valence-electron chi connectivity index (χ3n) is 4.45. The van der Waals surface area contributed by atoms with Crippen LogP contribution in [-0.2, 0) is 6.54 Å².